The average Bonchev–Trinajstić information content (AvgIpc) is 3.09. The second kappa shape index (κ2) is 7.84. The van der Waals surface area contributed by atoms with Crippen molar-refractivity contribution in [2.45, 2.75) is 19.9 Å². The van der Waals surface area contributed by atoms with Gasteiger partial charge in [0, 0.05) is 10.7 Å². The van der Waals surface area contributed by atoms with E-state index in [1.54, 1.807) is 30.3 Å². The molecule has 0 spiro atoms. The number of amides is 3. The fraction of sp³-hybridized carbons (Fsp3) is 0.227. The number of carbonyl (C=O) groups is 3. The van der Waals surface area contributed by atoms with Gasteiger partial charge in [0.2, 0.25) is 5.91 Å². The fourth-order valence-electron chi connectivity index (χ4n) is 3.58. The normalized spacial score (nSPS) is 18.1. The van der Waals surface area contributed by atoms with E-state index in [0.29, 0.717) is 27.5 Å². The molecule has 0 bridgehead atoms. The van der Waals surface area contributed by atoms with Gasteiger partial charge in [0.05, 0.1) is 17.3 Å². The number of nitrogens with zero attached hydrogens (tertiary/aromatic N) is 1. The van der Waals surface area contributed by atoms with Crippen LogP contribution in [0, 0.1) is 13.8 Å². The highest BCUT2D eigenvalue weighted by Gasteiger charge is 2.43. The van der Waals surface area contributed by atoms with Gasteiger partial charge in [-0.15, -0.1) is 0 Å². The van der Waals surface area contributed by atoms with Crippen molar-refractivity contribution in [2.75, 3.05) is 18.5 Å². The van der Waals surface area contributed by atoms with E-state index >= 15 is 0 Å². The van der Waals surface area contributed by atoms with Crippen LogP contribution in [-0.2, 0) is 14.3 Å². The zero-order valence-electron chi connectivity index (χ0n) is 16.5. The third-order valence-corrected chi connectivity index (χ3v) is 5.65. The third-order valence-electron chi connectivity index (χ3n) is 5.31. The van der Waals surface area contributed by atoms with Crippen LogP contribution in [-0.4, -0.2) is 36.0 Å². The Bertz CT molecular complexity index is 1100. The van der Waals surface area contributed by atoms with Crippen LogP contribution >= 0.6 is 11.6 Å². The van der Waals surface area contributed by atoms with Crippen LogP contribution < -0.4 is 10.6 Å². The van der Waals surface area contributed by atoms with Crippen LogP contribution in [0.2, 0.25) is 5.02 Å². The molecule has 2 heterocycles. The molecule has 4 rings (SSSR count). The van der Waals surface area contributed by atoms with E-state index < -0.39 is 18.0 Å². The number of hydrogen-bond acceptors (Lipinski definition) is 4. The number of hydrogen-bond donors (Lipinski definition) is 2. The van der Waals surface area contributed by atoms with E-state index in [2.05, 4.69) is 10.6 Å². The maximum Gasteiger partial charge on any atom is 0.338 e. The lowest BCUT2D eigenvalue weighted by Gasteiger charge is -2.32. The van der Waals surface area contributed by atoms with Crippen LogP contribution in [0.25, 0.3) is 0 Å². The van der Waals surface area contributed by atoms with Gasteiger partial charge >= 0.3 is 12.0 Å². The van der Waals surface area contributed by atoms with Crippen molar-refractivity contribution in [1.29, 1.82) is 0 Å². The van der Waals surface area contributed by atoms with E-state index in [-0.39, 0.29) is 19.1 Å². The van der Waals surface area contributed by atoms with Crippen LogP contribution in [0.3, 0.4) is 0 Å². The van der Waals surface area contributed by atoms with Crippen molar-refractivity contribution < 1.29 is 19.1 Å². The highest BCUT2D eigenvalue weighted by atomic mass is 35.5. The summed E-state index contributed by atoms with van der Waals surface area (Å²) in [5, 5.41) is 5.99. The zero-order chi connectivity index (χ0) is 21.4. The van der Waals surface area contributed by atoms with Gasteiger partial charge < -0.3 is 15.4 Å². The Labute approximate surface area is 178 Å². The summed E-state index contributed by atoms with van der Waals surface area (Å²) in [6.07, 6.45) is 0. The van der Waals surface area contributed by atoms with Crippen LogP contribution in [0.4, 0.5) is 10.5 Å². The number of aryl methyl sites for hydroxylation is 2. The first-order valence-corrected chi connectivity index (χ1v) is 9.82. The van der Waals surface area contributed by atoms with E-state index in [0.717, 1.165) is 11.1 Å². The highest BCUT2D eigenvalue weighted by Crippen LogP contribution is 2.37. The lowest BCUT2D eigenvalue weighted by molar-refractivity contribution is -0.136. The molecule has 0 aliphatic carbocycles. The number of halogens is 1. The summed E-state index contributed by atoms with van der Waals surface area (Å²) in [5.74, 6) is -0.912. The van der Waals surface area contributed by atoms with Crippen LogP contribution in [0.1, 0.15) is 22.7 Å². The number of anilines is 1. The molecule has 2 aliphatic rings. The molecule has 8 heteroatoms. The summed E-state index contributed by atoms with van der Waals surface area (Å²) >= 11 is 6.27. The Balaban J connectivity index is 1.60. The first kappa shape index (κ1) is 20.0. The maximum atomic E-state index is 12.8. The molecule has 2 aromatic rings. The highest BCUT2D eigenvalue weighted by molar-refractivity contribution is 6.31. The molecule has 154 valence electrons. The van der Waals surface area contributed by atoms with Crippen molar-refractivity contribution >= 4 is 35.2 Å². The summed E-state index contributed by atoms with van der Waals surface area (Å²) in [5.41, 5.74) is 4.07. The third kappa shape index (κ3) is 3.64. The van der Waals surface area contributed by atoms with Crippen LogP contribution in [0.15, 0.2) is 53.7 Å². The minimum atomic E-state index is -0.727. The van der Waals surface area contributed by atoms with Crippen molar-refractivity contribution in [2.24, 2.45) is 0 Å². The monoisotopic (exact) mass is 425 g/mol. The molecule has 0 fully saturated rings. The maximum absolute atomic E-state index is 12.8. The second-order valence-corrected chi connectivity index (χ2v) is 7.68. The number of urea groups is 1. The van der Waals surface area contributed by atoms with Gasteiger partial charge in [0.25, 0.3) is 0 Å². The molecule has 2 aromatic carbocycles. The van der Waals surface area contributed by atoms with Crippen molar-refractivity contribution in [3.63, 3.8) is 0 Å². The minimum Gasteiger partial charge on any atom is -0.456 e. The quantitative estimate of drug-likeness (QED) is 0.734. The van der Waals surface area contributed by atoms with Gasteiger partial charge in [-0.3, -0.25) is 9.69 Å². The molecule has 0 saturated carbocycles. The molecule has 3 amide bonds. The molecule has 1 atom stereocenters. The lowest BCUT2D eigenvalue weighted by atomic mass is 9.95. The summed E-state index contributed by atoms with van der Waals surface area (Å²) in [6.45, 7) is 3.62. The number of benzene rings is 2. The van der Waals surface area contributed by atoms with Gasteiger partial charge in [-0.1, -0.05) is 35.9 Å². The SMILES string of the molecule is Cc1ccc(NC(=O)CN2C(=O)NC(c3ccccc3Cl)C3=C2COC3=O)cc1C. The molecular weight excluding hydrogens is 406 g/mol. The smallest absolute Gasteiger partial charge is 0.338 e. The zero-order valence-corrected chi connectivity index (χ0v) is 17.2. The summed E-state index contributed by atoms with van der Waals surface area (Å²) in [4.78, 5) is 39.1. The van der Waals surface area contributed by atoms with E-state index in [1.807, 2.05) is 26.0 Å². The van der Waals surface area contributed by atoms with Crippen molar-refractivity contribution in [3.8, 4) is 0 Å². The predicted octanol–water partition coefficient (Wildman–Crippen LogP) is 3.47. The van der Waals surface area contributed by atoms with Gasteiger partial charge in [-0.05, 0) is 48.7 Å². The van der Waals surface area contributed by atoms with Gasteiger partial charge in [-0.2, -0.15) is 0 Å². The van der Waals surface area contributed by atoms with Crippen molar-refractivity contribution in [3.05, 3.63) is 75.4 Å². The molecule has 0 radical (unpaired) electrons. The van der Waals surface area contributed by atoms with Crippen LogP contribution in [0.5, 0.6) is 0 Å². The molecule has 0 saturated heterocycles. The Hall–Kier alpha value is -3.32. The first-order chi connectivity index (χ1) is 14.3. The Morgan fingerprint density at radius 2 is 1.97 bits per heavy atom. The number of cyclic esters (lactones) is 1. The average molecular weight is 426 g/mol. The van der Waals surface area contributed by atoms with E-state index in [4.69, 9.17) is 16.3 Å². The number of nitrogens with one attached hydrogen (secondary N) is 2. The molecule has 2 aliphatic heterocycles. The van der Waals surface area contributed by atoms with Gasteiger partial charge in [0.1, 0.15) is 13.2 Å². The summed E-state index contributed by atoms with van der Waals surface area (Å²) in [7, 11) is 0. The second-order valence-electron chi connectivity index (χ2n) is 7.27. The standard InChI is InChI=1S/C22H20ClN3O4/c1-12-7-8-14(9-13(12)2)24-18(27)10-26-17-11-30-21(28)19(17)20(25-22(26)29)15-5-3-4-6-16(15)23/h3-9,20H,10-11H2,1-2H3,(H,24,27)(H,25,29). The van der Waals surface area contributed by atoms with Gasteiger partial charge in [-0.25, -0.2) is 9.59 Å². The summed E-state index contributed by atoms with van der Waals surface area (Å²) < 4.78 is 5.18. The number of rotatable bonds is 4. The van der Waals surface area contributed by atoms with E-state index in [1.165, 1.54) is 4.90 Å². The Morgan fingerprint density at radius 3 is 2.70 bits per heavy atom. The Kier molecular flexibility index (Phi) is 5.22. The molecule has 30 heavy (non-hydrogen) atoms. The molecule has 0 aromatic heterocycles. The van der Waals surface area contributed by atoms with E-state index in [9.17, 15) is 14.4 Å². The number of carbonyl (C=O) groups excluding carboxylic acids is 3. The molecule has 2 N–H and O–H groups in total. The number of ether oxygens (including phenoxy) is 1. The first-order valence-electron chi connectivity index (χ1n) is 9.45. The topological polar surface area (TPSA) is 87.7 Å². The number of esters is 1. The predicted molar refractivity (Wildman–Crippen MR) is 112 cm³/mol. The summed E-state index contributed by atoms with van der Waals surface area (Å²) in [6, 6.07) is 11.3. The molecule has 7 nitrogen and oxygen atoms in total. The minimum absolute atomic E-state index is 0.0700. The Morgan fingerprint density at radius 1 is 1.20 bits per heavy atom. The molecular formula is C22H20ClN3O4. The fourth-order valence-corrected chi connectivity index (χ4v) is 3.83. The lowest BCUT2D eigenvalue weighted by Crippen LogP contribution is -2.49. The largest absolute Gasteiger partial charge is 0.456 e. The van der Waals surface area contributed by atoms with Crippen molar-refractivity contribution in [1.82, 2.24) is 10.2 Å². The molecule has 1 unspecified atom stereocenters. The van der Waals surface area contributed by atoms with Gasteiger partial charge in [0.15, 0.2) is 0 Å².